The number of alkyl halides is 3. The molecule has 0 bridgehead atoms. The molecule has 0 aliphatic rings. The summed E-state index contributed by atoms with van der Waals surface area (Å²) in [5.74, 6) is 0. The lowest BCUT2D eigenvalue weighted by Gasteiger charge is -2.11. The fraction of sp³-hybridized carbons (Fsp3) is 0.167. The highest BCUT2D eigenvalue weighted by Gasteiger charge is 2.30. The number of nitrogens with one attached hydrogen (secondary N) is 1. The van der Waals surface area contributed by atoms with Crippen molar-refractivity contribution in [1.29, 1.82) is 0 Å². The quantitative estimate of drug-likeness (QED) is 0.789. The van der Waals surface area contributed by atoms with Crippen molar-refractivity contribution >= 4 is 12.2 Å². The summed E-state index contributed by atoms with van der Waals surface area (Å²) in [5, 5.41) is 0. The molecule has 18 heavy (non-hydrogen) atoms. The fourth-order valence-corrected chi connectivity index (χ4v) is 1.84. The maximum atomic E-state index is 12.5. The number of hydrogen-bond acceptors (Lipinski definition) is 2. The highest BCUT2D eigenvalue weighted by Crippen LogP contribution is 2.32. The molecule has 1 aromatic heterocycles. The topological polar surface area (TPSA) is 28.7 Å². The zero-order valence-electron chi connectivity index (χ0n) is 9.38. The van der Waals surface area contributed by atoms with Gasteiger partial charge in [-0.25, -0.2) is 4.98 Å². The van der Waals surface area contributed by atoms with Crippen molar-refractivity contribution in [2.24, 2.45) is 0 Å². The van der Waals surface area contributed by atoms with Crippen molar-refractivity contribution in [3.05, 3.63) is 46.4 Å². The van der Waals surface area contributed by atoms with E-state index in [9.17, 15) is 13.2 Å². The molecule has 0 amide bonds. The van der Waals surface area contributed by atoms with E-state index in [1.165, 1.54) is 12.4 Å². The molecular formula is C12H9F3N2S. The number of aromatic nitrogens is 2. The third kappa shape index (κ3) is 2.59. The Balaban J connectivity index is 2.52. The van der Waals surface area contributed by atoms with Gasteiger partial charge in [0.15, 0.2) is 0 Å². The maximum absolute atomic E-state index is 12.5. The molecule has 94 valence electrons. The smallest absolute Gasteiger partial charge is 0.346 e. The summed E-state index contributed by atoms with van der Waals surface area (Å²) in [7, 11) is 0. The Labute approximate surface area is 107 Å². The molecule has 0 atom stereocenters. The summed E-state index contributed by atoms with van der Waals surface area (Å²) in [6.07, 6.45) is -2.90. The number of hydrogen-bond donors (Lipinski definition) is 1. The largest absolute Gasteiger partial charge is 0.416 e. The van der Waals surface area contributed by atoms with Gasteiger partial charge < -0.3 is 4.98 Å². The minimum absolute atomic E-state index is 0.392. The second-order valence-electron chi connectivity index (χ2n) is 3.83. The Kier molecular flexibility index (Phi) is 3.21. The second-order valence-corrected chi connectivity index (χ2v) is 4.24. The van der Waals surface area contributed by atoms with Gasteiger partial charge in [0.25, 0.3) is 0 Å². The van der Waals surface area contributed by atoms with Gasteiger partial charge in [0.1, 0.15) is 4.64 Å². The van der Waals surface area contributed by atoms with Gasteiger partial charge in [-0.2, -0.15) is 13.2 Å². The van der Waals surface area contributed by atoms with Crippen molar-refractivity contribution in [2.75, 3.05) is 0 Å². The number of aromatic amines is 1. The van der Waals surface area contributed by atoms with Gasteiger partial charge in [0.05, 0.1) is 11.9 Å². The number of benzene rings is 1. The van der Waals surface area contributed by atoms with E-state index in [1.807, 2.05) is 0 Å². The average Bonchev–Trinajstić information content (AvgIpc) is 2.27. The molecule has 0 aliphatic carbocycles. The first-order valence-electron chi connectivity index (χ1n) is 5.11. The normalized spacial score (nSPS) is 11.6. The first-order valence-corrected chi connectivity index (χ1v) is 5.52. The van der Waals surface area contributed by atoms with E-state index >= 15 is 0 Å². The predicted octanol–water partition coefficient (Wildman–Crippen LogP) is 4.13. The molecule has 0 radical (unpaired) electrons. The van der Waals surface area contributed by atoms with Crippen LogP contribution in [0.25, 0.3) is 11.3 Å². The van der Waals surface area contributed by atoms with E-state index in [0.29, 0.717) is 21.5 Å². The van der Waals surface area contributed by atoms with E-state index in [2.05, 4.69) is 9.97 Å². The summed E-state index contributed by atoms with van der Waals surface area (Å²) in [4.78, 5) is 6.70. The molecule has 0 spiro atoms. The first-order chi connectivity index (χ1) is 8.38. The van der Waals surface area contributed by atoms with Crippen LogP contribution in [-0.4, -0.2) is 9.97 Å². The Morgan fingerprint density at radius 3 is 2.50 bits per heavy atom. The lowest BCUT2D eigenvalue weighted by Crippen LogP contribution is -2.05. The van der Waals surface area contributed by atoms with Gasteiger partial charge in [0.2, 0.25) is 0 Å². The minimum Gasteiger partial charge on any atom is -0.346 e. The zero-order chi connectivity index (χ0) is 13.3. The van der Waals surface area contributed by atoms with Crippen LogP contribution in [0.1, 0.15) is 11.1 Å². The molecule has 2 nitrogen and oxygen atoms in total. The molecule has 1 aromatic carbocycles. The van der Waals surface area contributed by atoms with Gasteiger partial charge in [-0.05, 0) is 30.7 Å². The Bertz CT molecular complexity index is 632. The number of halogens is 3. The van der Waals surface area contributed by atoms with Crippen molar-refractivity contribution in [3.63, 3.8) is 0 Å². The number of nitrogens with zero attached hydrogens (tertiary/aromatic N) is 1. The van der Waals surface area contributed by atoms with Crippen LogP contribution in [0.15, 0.2) is 30.6 Å². The lowest BCUT2D eigenvalue weighted by atomic mass is 10.0. The summed E-state index contributed by atoms with van der Waals surface area (Å²) >= 11 is 4.92. The van der Waals surface area contributed by atoms with Crippen molar-refractivity contribution in [1.82, 2.24) is 9.97 Å². The summed E-state index contributed by atoms with van der Waals surface area (Å²) in [6.45, 7) is 1.63. The highest BCUT2D eigenvalue weighted by molar-refractivity contribution is 7.71. The molecule has 2 rings (SSSR count). The SMILES string of the molecule is Cc1cc(C(F)(F)F)ccc1-c1cc(=S)nc[nH]1. The first kappa shape index (κ1) is 12.8. The van der Waals surface area contributed by atoms with Crippen LogP contribution >= 0.6 is 12.2 Å². The molecule has 1 heterocycles. The number of rotatable bonds is 1. The third-order valence-corrected chi connectivity index (χ3v) is 2.75. The molecule has 2 aromatic rings. The van der Waals surface area contributed by atoms with Gasteiger partial charge in [-0.3, -0.25) is 0 Å². The van der Waals surface area contributed by atoms with E-state index in [0.717, 1.165) is 12.1 Å². The van der Waals surface area contributed by atoms with Crippen LogP contribution in [0.5, 0.6) is 0 Å². The Morgan fingerprint density at radius 1 is 1.22 bits per heavy atom. The van der Waals surface area contributed by atoms with Crippen LogP contribution in [0.2, 0.25) is 0 Å². The van der Waals surface area contributed by atoms with Crippen LogP contribution in [-0.2, 0) is 6.18 Å². The van der Waals surface area contributed by atoms with Crippen LogP contribution in [0.4, 0.5) is 13.2 Å². The average molecular weight is 270 g/mol. The predicted molar refractivity (Wildman–Crippen MR) is 64.6 cm³/mol. The monoisotopic (exact) mass is 270 g/mol. The molecule has 1 N–H and O–H groups in total. The Morgan fingerprint density at radius 2 is 1.94 bits per heavy atom. The van der Waals surface area contributed by atoms with Crippen molar-refractivity contribution in [3.8, 4) is 11.3 Å². The van der Waals surface area contributed by atoms with E-state index < -0.39 is 11.7 Å². The maximum Gasteiger partial charge on any atom is 0.416 e. The summed E-state index contributed by atoms with van der Waals surface area (Å²) in [5.41, 5.74) is 1.20. The summed E-state index contributed by atoms with van der Waals surface area (Å²) < 4.78 is 38.0. The molecule has 6 heteroatoms. The fourth-order valence-electron chi connectivity index (χ4n) is 1.67. The van der Waals surface area contributed by atoms with Gasteiger partial charge in [-0.15, -0.1) is 0 Å². The molecule has 0 fully saturated rings. The van der Waals surface area contributed by atoms with E-state index in [-0.39, 0.29) is 0 Å². The van der Waals surface area contributed by atoms with Gasteiger partial charge in [-0.1, -0.05) is 18.3 Å². The molecule has 0 saturated carbocycles. The van der Waals surface area contributed by atoms with Crippen LogP contribution < -0.4 is 0 Å². The van der Waals surface area contributed by atoms with Gasteiger partial charge in [0, 0.05) is 11.3 Å². The summed E-state index contributed by atoms with van der Waals surface area (Å²) in [6, 6.07) is 5.22. The molecule has 0 unspecified atom stereocenters. The molecule has 0 saturated heterocycles. The van der Waals surface area contributed by atoms with Crippen LogP contribution in [0.3, 0.4) is 0 Å². The number of H-pyrrole nitrogens is 1. The number of aryl methyl sites for hydroxylation is 1. The van der Waals surface area contributed by atoms with Gasteiger partial charge >= 0.3 is 6.18 Å². The lowest BCUT2D eigenvalue weighted by molar-refractivity contribution is -0.137. The zero-order valence-corrected chi connectivity index (χ0v) is 10.2. The van der Waals surface area contributed by atoms with Crippen molar-refractivity contribution in [2.45, 2.75) is 13.1 Å². The highest BCUT2D eigenvalue weighted by atomic mass is 32.1. The van der Waals surface area contributed by atoms with Crippen molar-refractivity contribution < 1.29 is 13.2 Å². The van der Waals surface area contributed by atoms with E-state index in [1.54, 1.807) is 13.0 Å². The molecular weight excluding hydrogens is 261 g/mol. The third-order valence-electron chi connectivity index (χ3n) is 2.52. The van der Waals surface area contributed by atoms with E-state index in [4.69, 9.17) is 12.2 Å². The molecule has 0 aliphatic heterocycles. The van der Waals surface area contributed by atoms with Crippen LogP contribution in [0, 0.1) is 11.6 Å². The standard InChI is InChI=1S/C12H9F3N2S/c1-7-4-8(12(13,14)15)2-3-9(7)10-5-11(18)17-6-16-10/h2-6H,1H3,(H,16,17,18). The minimum atomic E-state index is -4.32. The Hall–Kier alpha value is -1.69. The second kappa shape index (κ2) is 4.53.